The van der Waals surface area contributed by atoms with Crippen molar-refractivity contribution >= 4 is 11.9 Å². The summed E-state index contributed by atoms with van der Waals surface area (Å²) in [5, 5.41) is 0. The van der Waals surface area contributed by atoms with E-state index in [9.17, 15) is 9.59 Å². The molecule has 1 amide bonds. The Kier molecular flexibility index (Phi) is 3.98. The first-order chi connectivity index (χ1) is 12.9. The number of rotatable bonds is 3. The summed E-state index contributed by atoms with van der Waals surface area (Å²) in [4.78, 5) is 28.2. The van der Waals surface area contributed by atoms with Crippen molar-refractivity contribution in [3.05, 3.63) is 64.2 Å². The lowest BCUT2D eigenvalue weighted by Gasteiger charge is -2.44. The predicted molar refractivity (Wildman–Crippen MR) is 101 cm³/mol. The van der Waals surface area contributed by atoms with E-state index in [1.165, 1.54) is 0 Å². The molecule has 5 nitrogen and oxygen atoms in total. The minimum Gasteiger partial charge on any atom is -0.497 e. The number of esters is 1. The molecule has 0 saturated carbocycles. The van der Waals surface area contributed by atoms with Gasteiger partial charge in [-0.2, -0.15) is 0 Å². The Balaban J connectivity index is 2.01. The van der Waals surface area contributed by atoms with Crippen LogP contribution in [0.4, 0.5) is 0 Å². The van der Waals surface area contributed by atoms with Crippen LogP contribution in [0.5, 0.6) is 5.75 Å². The number of carbonyl (C=O) groups excluding carboxylic acids is 2. The number of hydrogen-bond acceptors (Lipinski definition) is 4. The van der Waals surface area contributed by atoms with Crippen LogP contribution in [0.2, 0.25) is 0 Å². The van der Waals surface area contributed by atoms with Gasteiger partial charge in [0.05, 0.1) is 19.8 Å². The second-order valence-corrected chi connectivity index (χ2v) is 7.30. The van der Waals surface area contributed by atoms with Crippen molar-refractivity contribution in [2.45, 2.75) is 31.7 Å². The fourth-order valence-electron chi connectivity index (χ4n) is 4.68. The fraction of sp³-hybridized carbons (Fsp3) is 0.364. The molecule has 27 heavy (non-hydrogen) atoms. The van der Waals surface area contributed by atoms with E-state index < -0.39 is 5.41 Å². The molecule has 0 fully saturated rings. The molecule has 1 heterocycles. The van der Waals surface area contributed by atoms with Crippen LogP contribution in [0, 0.1) is 6.92 Å². The van der Waals surface area contributed by atoms with Gasteiger partial charge >= 0.3 is 5.97 Å². The van der Waals surface area contributed by atoms with Crippen LogP contribution < -0.4 is 4.74 Å². The van der Waals surface area contributed by atoms with Gasteiger partial charge in [-0.05, 0) is 49.1 Å². The third-order valence-electron chi connectivity index (χ3n) is 5.81. The van der Waals surface area contributed by atoms with Crippen LogP contribution in [0.3, 0.4) is 0 Å². The number of fused-ring (bicyclic) bond motifs is 5. The summed E-state index contributed by atoms with van der Waals surface area (Å²) in [6.07, 6.45) is 0.518. The molecule has 2 atom stereocenters. The van der Waals surface area contributed by atoms with Crippen molar-refractivity contribution in [2.75, 3.05) is 20.8 Å². The number of amides is 1. The molecule has 1 aliphatic carbocycles. The molecular weight excluding hydrogens is 342 g/mol. The Morgan fingerprint density at radius 2 is 2.04 bits per heavy atom. The molecule has 0 unspecified atom stereocenters. The summed E-state index contributed by atoms with van der Waals surface area (Å²) in [5.74, 6) is 0.205. The molecule has 0 spiro atoms. The van der Waals surface area contributed by atoms with Crippen LogP contribution >= 0.6 is 0 Å². The maximum atomic E-state index is 13.3. The third-order valence-corrected chi connectivity index (χ3v) is 5.81. The first-order valence-corrected chi connectivity index (χ1v) is 9.16. The van der Waals surface area contributed by atoms with Crippen molar-refractivity contribution in [2.24, 2.45) is 0 Å². The van der Waals surface area contributed by atoms with Crippen LogP contribution in [0.15, 0.2) is 36.4 Å². The topological polar surface area (TPSA) is 55.8 Å². The fourth-order valence-corrected chi connectivity index (χ4v) is 4.68. The van der Waals surface area contributed by atoms with E-state index in [1.54, 1.807) is 25.1 Å². The average Bonchev–Trinajstić information content (AvgIpc) is 3.01. The van der Waals surface area contributed by atoms with Gasteiger partial charge in [-0.1, -0.05) is 29.8 Å². The van der Waals surface area contributed by atoms with Crippen molar-refractivity contribution in [3.8, 4) is 5.75 Å². The van der Waals surface area contributed by atoms with Gasteiger partial charge in [0.15, 0.2) is 0 Å². The predicted octanol–water partition coefficient (Wildman–Crippen LogP) is 3.19. The number of likely N-dealkylation sites (N-methyl/N-ethyl adjacent to an activating group) is 1. The first-order valence-electron chi connectivity index (χ1n) is 9.16. The van der Waals surface area contributed by atoms with E-state index in [0.717, 1.165) is 22.3 Å². The lowest BCUT2D eigenvalue weighted by molar-refractivity contribution is -0.152. The van der Waals surface area contributed by atoms with Crippen LogP contribution in [-0.2, 0) is 21.4 Å². The molecule has 2 aromatic carbocycles. The highest BCUT2D eigenvalue weighted by Gasteiger charge is 2.60. The van der Waals surface area contributed by atoms with Crippen molar-refractivity contribution in [1.29, 1.82) is 0 Å². The van der Waals surface area contributed by atoms with Gasteiger partial charge in [0.2, 0.25) is 0 Å². The molecular formula is C22H23NO4. The van der Waals surface area contributed by atoms with E-state index in [4.69, 9.17) is 9.47 Å². The van der Waals surface area contributed by atoms with Gasteiger partial charge in [-0.3, -0.25) is 9.59 Å². The lowest BCUT2D eigenvalue weighted by atomic mass is 9.69. The zero-order chi connectivity index (χ0) is 19.3. The first kappa shape index (κ1) is 17.6. The lowest BCUT2D eigenvalue weighted by Crippen LogP contribution is -2.53. The molecule has 2 aliphatic rings. The van der Waals surface area contributed by atoms with Gasteiger partial charge < -0.3 is 14.4 Å². The van der Waals surface area contributed by atoms with E-state index >= 15 is 0 Å². The highest BCUT2D eigenvalue weighted by atomic mass is 16.5. The number of aryl methyl sites for hydroxylation is 1. The molecule has 0 radical (unpaired) electrons. The molecule has 0 aromatic heterocycles. The summed E-state index contributed by atoms with van der Waals surface area (Å²) in [5.41, 5.74) is 3.54. The normalized spacial score (nSPS) is 22.7. The van der Waals surface area contributed by atoms with Crippen molar-refractivity contribution < 1.29 is 19.1 Å². The Labute approximate surface area is 158 Å². The average molecular weight is 365 g/mol. The Morgan fingerprint density at radius 3 is 2.74 bits per heavy atom. The summed E-state index contributed by atoms with van der Waals surface area (Å²) >= 11 is 0. The maximum Gasteiger partial charge on any atom is 0.319 e. The Morgan fingerprint density at radius 1 is 1.26 bits per heavy atom. The zero-order valence-corrected chi connectivity index (χ0v) is 16.0. The highest BCUT2D eigenvalue weighted by Crippen LogP contribution is 2.55. The van der Waals surface area contributed by atoms with Crippen LogP contribution in [-0.4, -0.2) is 37.5 Å². The Bertz CT molecular complexity index is 951. The largest absolute Gasteiger partial charge is 0.497 e. The molecule has 0 saturated heterocycles. The summed E-state index contributed by atoms with van der Waals surface area (Å²) < 4.78 is 10.8. The van der Waals surface area contributed by atoms with E-state index in [0.29, 0.717) is 24.3 Å². The molecule has 0 bridgehead atoms. The van der Waals surface area contributed by atoms with Crippen molar-refractivity contribution in [3.63, 3.8) is 0 Å². The van der Waals surface area contributed by atoms with Gasteiger partial charge in [-0.15, -0.1) is 0 Å². The molecule has 4 rings (SSSR count). The highest BCUT2D eigenvalue weighted by molar-refractivity contribution is 6.03. The second-order valence-electron chi connectivity index (χ2n) is 7.30. The molecule has 1 aliphatic heterocycles. The number of hydrogen-bond donors (Lipinski definition) is 0. The van der Waals surface area contributed by atoms with Crippen LogP contribution in [0.1, 0.15) is 45.6 Å². The van der Waals surface area contributed by atoms with Crippen LogP contribution in [0.25, 0.3) is 0 Å². The number of carbonyl (C=O) groups is 2. The molecule has 140 valence electrons. The number of ether oxygens (including phenoxy) is 2. The number of nitrogens with zero attached hydrogens (tertiary/aromatic N) is 1. The SMILES string of the molecule is CCOC(=O)[C@]12Cc3cc(C)ccc3[C@H]1N(C)C(=O)c1cc(OC)ccc12. The summed E-state index contributed by atoms with van der Waals surface area (Å²) in [6.45, 7) is 4.14. The minimum absolute atomic E-state index is 0.109. The van der Waals surface area contributed by atoms with Gasteiger partial charge in [-0.25, -0.2) is 0 Å². The van der Waals surface area contributed by atoms with E-state index in [2.05, 4.69) is 6.07 Å². The molecule has 5 heteroatoms. The van der Waals surface area contributed by atoms with E-state index in [-0.39, 0.29) is 17.9 Å². The van der Waals surface area contributed by atoms with Gasteiger partial charge in [0, 0.05) is 12.6 Å². The third kappa shape index (κ3) is 2.30. The van der Waals surface area contributed by atoms with Gasteiger partial charge in [0.25, 0.3) is 5.91 Å². The Hall–Kier alpha value is -2.82. The number of methoxy groups -OCH3 is 1. The summed E-state index contributed by atoms with van der Waals surface area (Å²) in [7, 11) is 3.33. The minimum atomic E-state index is -0.934. The maximum absolute atomic E-state index is 13.3. The monoisotopic (exact) mass is 365 g/mol. The molecule has 2 aromatic rings. The van der Waals surface area contributed by atoms with Crippen molar-refractivity contribution in [1.82, 2.24) is 4.90 Å². The zero-order valence-electron chi connectivity index (χ0n) is 16.0. The smallest absolute Gasteiger partial charge is 0.319 e. The molecule has 0 N–H and O–H groups in total. The van der Waals surface area contributed by atoms with Gasteiger partial charge in [0.1, 0.15) is 11.2 Å². The number of benzene rings is 2. The summed E-state index contributed by atoms with van der Waals surface area (Å²) in [6, 6.07) is 11.2. The standard InChI is InChI=1S/C22H23NO4/c1-5-27-21(25)22-12-14-10-13(2)6-8-16(14)19(22)23(3)20(24)17-11-15(26-4)7-9-18(17)22/h6-11,19H,5,12H2,1-4H3/t19-,22+/m1/s1. The van der Waals surface area contributed by atoms with E-state index in [1.807, 2.05) is 38.1 Å². The quantitative estimate of drug-likeness (QED) is 0.784. The second kappa shape index (κ2) is 6.12.